The van der Waals surface area contributed by atoms with E-state index in [1.165, 1.54) is 11.8 Å². The van der Waals surface area contributed by atoms with Crippen molar-refractivity contribution in [2.45, 2.75) is 24.8 Å². The van der Waals surface area contributed by atoms with Gasteiger partial charge in [-0.1, -0.05) is 13.8 Å². The highest BCUT2D eigenvalue weighted by Crippen LogP contribution is 2.28. The van der Waals surface area contributed by atoms with Gasteiger partial charge in [0.1, 0.15) is 5.03 Å². The molecule has 13 heavy (non-hydrogen) atoms. The van der Waals surface area contributed by atoms with Gasteiger partial charge in [-0.05, 0) is 17.7 Å². The Bertz CT molecular complexity index is 313. The molecule has 0 saturated carbocycles. The molecule has 0 aliphatic rings. The van der Waals surface area contributed by atoms with Gasteiger partial charge in [-0.25, -0.2) is 9.37 Å². The fraction of sp³-hybridized carbons (Fsp3) is 0.444. The van der Waals surface area contributed by atoms with Crippen molar-refractivity contribution in [2.24, 2.45) is 0 Å². The molecule has 0 aliphatic carbocycles. The molecule has 0 aromatic carbocycles. The van der Waals surface area contributed by atoms with E-state index in [4.69, 9.17) is 5.73 Å². The smallest absolute Gasteiger partial charge is 0.178 e. The fourth-order valence-corrected chi connectivity index (χ4v) is 1.55. The van der Waals surface area contributed by atoms with Gasteiger partial charge < -0.3 is 5.73 Å². The first kappa shape index (κ1) is 10.3. The Labute approximate surface area is 81.7 Å². The van der Waals surface area contributed by atoms with Crippen LogP contribution in [0.5, 0.6) is 0 Å². The molecule has 0 bridgehead atoms. The minimum Gasteiger partial charge on any atom is -0.396 e. The minimum atomic E-state index is -0.390. The van der Waals surface area contributed by atoms with Crippen LogP contribution in [0.1, 0.15) is 25.3 Å². The molecule has 1 aromatic heterocycles. The third-order valence-electron chi connectivity index (χ3n) is 1.87. The van der Waals surface area contributed by atoms with Crippen molar-refractivity contribution in [3.63, 3.8) is 0 Å². The molecular formula is C9H13FN2S. The summed E-state index contributed by atoms with van der Waals surface area (Å²) in [6.45, 7) is 3.93. The van der Waals surface area contributed by atoms with Gasteiger partial charge in [0.2, 0.25) is 0 Å². The standard InChI is InChI=1S/C9H13FN2S/c1-5(2)6-4-12-9(13-3)7(10)8(6)11/h4-5H,1-3H3,(H2,11,12). The van der Waals surface area contributed by atoms with Gasteiger partial charge in [0.05, 0.1) is 5.69 Å². The lowest BCUT2D eigenvalue weighted by atomic mass is 10.0. The summed E-state index contributed by atoms with van der Waals surface area (Å²) in [5.74, 6) is -0.184. The molecule has 0 radical (unpaired) electrons. The second kappa shape index (κ2) is 3.96. The van der Waals surface area contributed by atoms with E-state index in [-0.39, 0.29) is 11.6 Å². The average Bonchev–Trinajstić information content (AvgIpc) is 2.09. The second-order valence-corrected chi connectivity index (χ2v) is 3.90. The molecular weight excluding hydrogens is 187 g/mol. The monoisotopic (exact) mass is 200 g/mol. The Morgan fingerprint density at radius 3 is 2.62 bits per heavy atom. The van der Waals surface area contributed by atoms with Crippen LogP contribution < -0.4 is 5.73 Å². The van der Waals surface area contributed by atoms with Gasteiger partial charge in [-0.3, -0.25) is 0 Å². The summed E-state index contributed by atoms with van der Waals surface area (Å²) in [7, 11) is 0. The van der Waals surface area contributed by atoms with Crippen LogP contribution in [0.25, 0.3) is 0 Å². The lowest BCUT2D eigenvalue weighted by Crippen LogP contribution is -2.02. The number of nitrogens with two attached hydrogens (primary N) is 1. The third kappa shape index (κ3) is 1.94. The molecule has 0 fully saturated rings. The van der Waals surface area contributed by atoms with Crippen molar-refractivity contribution in [3.8, 4) is 0 Å². The summed E-state index contributed by atoms with van der Waals surface area (Å²) < 4.78 is 13.4. The van der Waals surface area contributed by atoms with Crippen LogP contribution in [0.3, 0.4) is 0 Å². The normalized spacial score (nSPS) is 10.8. The van der Waals surface area contributed by atoms with Gasteiger partial charge in [-0.2, -0.15) is 0 Å². The first-order valence-electron chi connectivity index (χ1n) is 4.05. The summed E-state index contributed by atoms with van der Waals surface area (Å²) in [6, 6.07) is 0. The Hall–Kier alpha value is -0.770. The van der Waals surface area contributed by atoms with Crippen molar-refractivity contribution < 1.29 is 4.39 Å². The summed E-state index contributed by atoms with van der Waals surface area (Å²) >= 11 is 1.26. The fourth-order valence-electron chi connectivity index (χ4n) is 1.10. The van der Waals surface area contributed by atoms with E-state index in [0.717, 1.165) is 5.56 Å². The van der Waals surface area contributed by atoms with Gasteiger partial charge >= 0.3 is 0 Å². The number of aromatic nitrogens is 1. The van der Waals surface area contributed by atoms with Gasteiger partial charge in [0.25, 0.3) is 0 Å². The average molecular weight is 200 g/mol. The van der Waals surface area contributed by atoms with Crippen LogP contribution in [0.15, 0.2) is 11.2 Å². The molecule has 1 aromatic rings. The number of anilines is 1. The van der Waals surface area contributed by atoms with Gasteiger partial charge in [-0.15, -0.1) is 11.8 Å². The first-order chi connectivity index (χ1) is 6.07. The number of halogens is 1. The van der Waals surface area contributed by atoms with Crippen molar-refractivity contribution in [1.29, 1.82) is 0 Å². The highest BCUT2D eigenvalue weighted by molar-refractivity contribution is 7.98. The summed E-state index contributed by atoms with van der Waals surface area (Å²) in [5, 5.41) is 0.363. The van der Waals surface area contributed by atoms with E-state index in [2.05, 4.69) is 4.98 Å². The van der Waals surface area contributed by atoms with E-state index in [9.17, 15) is 4.39 Å². The van der Waals surface area contributed by atoms with Crippen molar-refractivity contribution in [1.82, 2.24) is 4.98 Å². The zero-order valence-corrected chi connectivity index (χ0v) is 8.78. The number of hydrogen-bond donors (Lipinski definition) is 1. The molecule has 0 saturated heterocycles. The van der Waals surface area contributed by atoms with Crippen LogP contribution in [-0.2, 0) is 0 Å². The van der Waals surface area contributed by atoms with E-state index in [1.807, 2.05) is 13.8 Å². The topological polar surface area (TPSA) is 38.9 Å². The summed E-state index contributed by atoms with van der Waals surface area (Å²) in [6.07, 6.45) is 3.43. The Morgan fingerprint density at radius 2 is 2.15 bits per heavy atom. The molecule has 2 N–H and O–H groups in total. The lowest BCUT2D eigenvalue weighted by molar-refractivity contribution is 0.588. The molecule has 4 heteroatoms. The maximum Gasteiger partial charge on any atom is 0.178 e. The van der Waals surface area contributed by atoms with Crippen molar-refractivity contribution in [2.75, 3.05) is 12.0 Å². The summed E-state index contributed by atoms with van der Waals surface area (Å²) in [4.78, 5) is 3.99. The van der Waals surface area contributed by atoms with Crippen LogP contribution in [0.2, 0.25) is 0 Å². The third-order valence-corrected chi connectivity index (χ3v) is 2.54. The van der Waals surface area contributed by atoms with E-state index < -0.39 is 5.82 Å². The minimum absolute atomic E-state index is 0.206. The number of nitrogen functional groups attached to an aromatic ring is 1. The van der Waals surface area contributed by atoms with Crippen LogP contribution in [0.4, 0.5) is 10.1 Å². The molecule has 72 valence electrons. The van der Waals surface area contributed by atoms with Crippen molar-refractivity contribution in [3.05, 3.63) is 17.6 Å². The van der Waals surface area contributed by atoms with E-state index in [1.54, 1.807) is 12.5 Å². The zero-order valence-electron chi connectivity index (χ0n) is 7.97. The maximum atomic E-state index is 13.4. The second-order valence-electron chi connectivity index (χ2n) is 3.11. The Morgan fingerprint density at radius 1 is 1.54 bits per heavy atom. The lowest BCUT2D eigenvalue weighted by Gasteiger charge is -2.10. The predicted octanol–water partition coefficient (Wildman–Crippen LogP) is 2.65. The predicted molar refractivity (Wildman–Crippen MR) is 54.5 cm³/mol. The zero-order chi connectivity index (χ0) is 10.0. The SMILES string of the molecule is CSc1ncc(C(C)C)c(N)c1F. The van der Waals surface area contributed by atoms with Crippen molar-refractivity contribution >= 4 is 17.4 Å². The van der Waals surface area contributed by atoms with E-state index >= 15 is 0 Å². The number of nitrogens with zero attached hydrogens (tertiary/aromatic N) is 1. The van der Waals surface area contributed by atoms with Crippen LogP contribution >= 0.6 is 11.8 Å². The molecule has 0 spiro atoms. The molecule has 0 aliphatic heterocycles. The molecule has 1 heterocycles. The number of pyridine rings is 1. The highest BCUT2D eigenvalue weighted by Gasteiger charge is 2.13. The molecule has 1 rings (SSSR count). The molecule has 2 nitrogen and oxygen atoms in total. The quantitative estimate of drug-likeness (QED) is 0.746. The number of thioether (sulfide) groups is 1. The van der Waals surface area contributed by atoms with Gasteiger partial charge in [0, 0.05) is 6.20 Å². The largest absolute Gasteiger partial charge is 0.396 e. The van der Waals surface area contributed by atoms with Crippen LogP contribution in [-0.4, -0.2) is 11.2 Å². The first-order valence-corrected chi connectivity index (χ1v) is 5.28. The maximum absolute atomic E-state index is 13.4. The highest BCUT2D eigenvalue weighted by atomic mass is 32.2. The number of hydrogen-bond acceptors (Lipinski definition) is 3. The number of rotatable bonds is 2. The molecule has 0 atom stereocenters. The Kier molecular flexibility index (Phi) is 3.14. The van der Waals surface area contributed by atoms with Gasteiger partial charge in [0.15, 0.2) is 5.82 Å². The van der Waals surface area contributed by atoms with Crippen LogP contribution in [0, 0.1) is 5.82 Å². The van der Waals surface area contributed by atoms with E-state index in [0.29, 0.717) is 5.03 Å². The molecule has 0 amide bonds. The Balaban J connectivity index is 3.23. The summed E-state index contributed by atoms with van der Waals surface area (Å²) in [5.41, 5.74) is 6.64. The molecule has 0 unspecified atom stereocenters.